The molecule has 1 unspecified atom stereocenters. The number of hydrogen-bond acceptors (Lipinski definition) is 5. The molecule has 1 aromatic heterocycles. The van der Waals surface area contributed by atoms with Crippen LogP contribution >= 0.6 is 0 Å². The van der Waals surface area contributed by atoms with Gasteiger partial charge < -0.3 is 14.9 Å². The van der Waals surface area contributed by atoms with Gasteiger partial charge in [-0.2, -0.15) is 4.98 Å². The van der Waals surface area contributed by atoms with Crippen LogP contribution in [0.5, 0.6) is 0 Å². The van der Waals surface area contributed by atoms with Gasteiger partial charge in [-0.15, -0.1) is 0 Å². The number of carboxylic acids is 1. The van der Waals surface area contributed by atoms with Gasteiger partial charge in [-0.25, -0.2) is 0 Å². The Bertz CT molecular complexity index is 351. The lowest BCUT2D eigenvalue weighted by Gasteiger charge is -2.09. The third kappa shape index (κ3) is 6.01. The summed E-state index contributed by atoms with van der Waals surface area (Å²) >= 11 is 0. The molecular weight excluding hydrogens is 222 g/mol. The highest BCUT2D eigenvalue weighted by molar-refractivity contribution is 5.66. The number of carboxylic acid groups (broad SMARTS) is 1. The van der Waals surface area contributed by atoms with E-state index in [4.69, 9.17) is 9.63 Å². The van der Waals surface area contributed by atoms with Crippen LogP contribution in [0.3, 0.4) is 0 Å². The van der Waals surface area contributed by atoms with Crippen LogP contribution in [0.2, 0.25) is 0 Å². The second-order valence-electron chi connectivity index (χ2n) is 4.24. The van der Waals surface area contributed by atoms with E-state index in [-0.39, 0.29) is 6.42 Å². The van der Waals surface area contributed by atoms with Crippen molar-refractivity contribution in [2.45, 2.75) is 39.7 Å². The van der Waals surface area contributed by atoms with Crippen molar-refractivity contribution in [1.82, 2.24) is 15.5 Å². The molecule has 0 radical (unpaired) electrons. The number of aromatic nitrogens is 2. The van der Waals surface area contributed by atoms with Gasteiger partial charge in [-0.05, 0) is 32.2 Å². The number of aliphatic carboxylic acids is 1. The van der Waals surface area contributed by atoms with Gasteiger partial charge in [0.1, 0.15) is 0 Å². The highest BCUT2D eigenvalue weighted by Crippen LogP contribution is 2.09. The summed E-state index contributed by atoms with van der Waals surface area (Å²) in [6.07, 6.45) is 1.90. The van der Waals surface area contributed by atoms with E-state index in [2.05, 4.69) is 22.4 Å². The van der Waals surface area contributed by atoms with Crippen molar-refractivity contribution in [3.8, 4) is 0 Å². The van der Waals surface area contributed by atoms with E-state index in [1.807, 2.05) is 0 Å². The molecule has 1 heterocycles. The standard InChI is InChI=1S/C11H19N3O3/c1-8(3-4-11(15)16)5-6-12-7-10-13-9(2)14-17-10/h8,12H,3-7H2,1-2H3,(H,15,16). The summed E-state index contributed by atoms with van der Waals surface area (Å²) in [6, 6.07) is 0. The highest BCUT2D eigenvalue weighted by atomic mass is 16.5. The van der Waals surface area contributed by atoms with Gasteiger partial charge >= 0.3 is 5.97 Å². The molecule has 0 aliphatic heterocycles. The predicted molar refractivity (Wildman–Crippen MR) is 61.4 cm³/mol. The molecule has 0 aliphatic carbocycles. The zero-order chi connectivity index (χ0) is 12.7. The Morgan fingerprint density at radius 2 is 2.29 bits per heavy atom. The average molecular weight is 241 g/mol. The van der Waals surface area contributed by atoms with Crippen molar-refractivity contribution in [3.63, 3.8) is 0 Å². The van der Waals surface area contributed by atoms with E-state index in [0.717, 1.165) is 19.4 Å². The summed E-state index contributed by atoms with van der Waals surface area (Å²) in [4.78, 5) is 14.4. The Morgan fingerprint density at radius 1 is 1.53 bits per heavy atom. The molecular formula is C11H19N3O3. The summed E-state index contributed by atoms with van der Waals surface area (Å²) in [7, 11) is 0. The molecule has 96 valence electrons. The normalized spacial score (nSPS) is 12.6. The second-order valence-corrected chi connectivity index (χ2v) is 4.24. The monoisotopic (exact) mass is 241 g/mol. The third-order valence-corrected chi connectivity index (χ3v) is 2.51. The van der Waals surface area contributed by atoms with Crippen LogP contribution in [0.15, 0.2) is 4.52 Å². The average Bonchev–Trinajstić information content (AvgIpc) is 2.68. The quantitative estimate of drug-likeness (QED) is 0.668. The first kappa shape index (κ1) is 13.6. The smallest absolute Gasteiger partial charge is 0.303 e. The molecule has 6 heteroatoms. The van der Waals surface area contributed by atoms with Crippen LogP contribution in [0.1, 0.15) is 37.9 Å². The molecule has 0 aromatic carbocycles. The Hall–Kier alpha value is -1.43. The first-order valence-corrected chi connectivity index (χ1v) is 5.79. The molecule has 2 N–H and O–H groups in total. The van der Waals surface area contributed by atoms with E-state index in [1.165, 1.54) is 0 Å². The van der Waals surface area contributed by atoms with Crippen LogP contribution in [0.25, 0.3) is 0 Å². The van der Waals surface area contributed by atoms with Crippen molar-refractivity contribution in [2.75, 3.05) is 6.54 Å². The minimum Gasteiger partial charge on any atom is -0.481 e. The highest BCUT2D eigenvalue weighted by Gasteiger charge is 2.06. The zero-order valence-electron chi connectivity index (χ0n) is 10.3. The van der Waals surface area contributed by atoms with Crippen LogP contribution in [0, 0.1) is 12.8 Å². The Balaban J connectivity index is 2.05. The molecule has 0 saturated heterocycles. The predicted octanol–water partition coefficient (Wildman–Crippen LogP) is 1.36. The minimum absolute atomic E-state index is 0.240. The SMILES string of the molecule is Cc1noc(CNCCC(C)CCC(=O)O)n1. The van der Waals surface area contributed by atoms with Gasteiger partial charge in [0, 0.05) is 6.42 Å². The van der Waals surface area contributed by atoms with Crippen LogP contribution < -0.4 is 5.32 Å². The minimum atomic E-state index is -0.730. The summed E-state index contributed by atoms with van der Waals surface area (Å²) < 4.78 is 4.95. The number of hydrogen-bond donors (Lipinski definition) is 2. The molecule has 1 atom stereocenters. The van der Waals surface area contributed by atoms with E-state index in [0.29, 0.717) is 24.2 Å². The van der Waals surface area contributed by atoms with Crippen molar-refractivity contribution in [1.29, 1.82) is 0 Å². The number of nitrogens with one attached hydrogen (secondary N) is 1. The topological polar surface area (TPSA) is 88.2 Å². The molecule has 0 amide bonds. The van der Waals surface area contributed by atoms with Gasteiger partial charge in [-0.3, -0.25) is 4.79 Å². The van der Waals surface area contributed by atoms with Gasteiger partial charge in [0.05, 0.1) is 6.54 Å². The maximum Gasteiger partial charge on any atom is 0.303 e. The molecule has 0 fully saturated rings. The van der Waals surface area contributed by atoms with Crippen molar-refractivity contribution in [3.05, 3.63) is 11.7 Å². The maximum atomic E-state index is 10.4. The lowest BCUT2D eigenvalue weighted by molar-refractivity contribution is -0.137. The fourth-order valence-corrected chi connectivity index (χ4v) is 1.47. The van der Waals surface area contributed by atoms with Gasteiger partial charge in [-0.1, -0.05) is 12.1 Å². The van der Waals surface area contributed by atoms with E-state index < -0.39 is 5.97 Å². The fourth-order valence-electron chi connectivity index (χ4n) is 1.47. The molecule has 17 heavy (non-hydrogen) atoms. The first-order valence-electron chi connectivity index (χ1n) is 5.79. The molecule has 0 spiro atoms. The summed E-state index contributed by atoms with van der Waals surface area (Å²) in [5.41, 5.74) is 0. The van der Waals surface area contributed by atoms with E-state index in [1.54, 1.807) is 6.92 Å². The molecule has 0 saturated carbocycles. The fraction of sp³-hybridized carbons (Fsp3) is 0.727. The molecule has 0 aliphatic rings. The number of aryl methyl sites for hydroxylation is 1. The summed E-state index contributed by atoms with van der Waals surface area (Å²) in [5.74, 6) is 0.895. The Morgan fingerprint density at radius 3 is 2.88 bits per heavy atom. The number of carbonyl (C=O) groups is 1. The van der Waals surface area contributed by atoms with Crippen LogP contribution in [-0.2, 0) is 11.3 Å². The van der Waals surface area contributed by atoms with Gasteiger partial charge in [0.2, 0.25) is 5.89 Å². The molecule has 0 bridgehead atoms. The zero-order valence-corrected chi connectivity index (χ0v) is 10.3. The lowest BCUT2D eigenvalue weighted by Crippen LogP contribution is -2.17. The van der Waals surface area contributed by atoms with Crippen LogP contribution in [0.4, 0.5) is 0 Å². The Labute approximate surface area is 100 Å². The molecule has 1 aromatic rings. The van der Waals surface area contributed by atoms with Crippen molar-refractivity contribution >= 4 is 5.97 Å². The van der Waals surface area contributed by atoms with E-state index in [9.17, 15) is 4.79 Å². The molecule has 6 nitrogen and oxygen atoms in total. The number of rotatable bonds is 8. The largest absolute Gasteiger partial charge is 0.481 e. The molecule has 1 rings (SSSR count). The Kier molecular flexibility index (Phi) is 5.62. The summed E-state index contributed by atoms with van der Waals surface area (Å²) in [6.45, 7) is 5.22. The first-order chi connectivity index (χ1) is 8.08. The van der Waals surface area contributed by atoms with Crippen molar-refractivity contribution < 1.29 is 14.4 Å². The summed E-state index contributed by atoms with van der Waals surface area (Å²) in [5, 5.41) is 15.4. The van der Waals surface area contributed by atoms with Crippen molar-refractivity contribution in [2.24, 2.45) is 5.92 Å². The third-order valence-electron chi connectivity index (χ3n) is 2.51. The lowest BCUT2D eigenvalue weighted by atomic mass is 10.0. The maximum absolute atomic E-state index is 10.4. The van der Waals surface area contributed by atoms with Gasteiger partial charge in [0.15, 0.2) is 5.82 Å². The van der Waals surface area contributed by atoms with E-state index >= 15 is 0 Å². The second kappa shape index (κ2) is 7.01. The number of nitrogens with zero attached hydrogens (tertiary/aromatic N) is 2. The van der Waals surface area contributed by atoms with Gasteiger partial charge in [0.25, 0.3) is 0 Å². The van der Waals surface area contributed by atoms with Crippen LogP contribution in [-0.4, -0.2) is 27.8 Å².